The van der Waals surface area contributed by atoms with Crippen LogP contribution in [0.5, 0.6) is 0 Å². The first-order valence-corrected chi connectivity index (χ1v) is 8.96. The summed E-state index contributed by atoms with van der Waals surface area (Å²) in [6, 6.07) is 11.0. The quantitative estimate of drug-likeness (QED) is 0.921. The molecule has 0 radical (unpaired) electrons. The molecule has 1 aromatic carbocycles. The van der Waals surface area contributed by atoms with E-state index in [4.69, 9.17) is 0 Å². The van der Waals surface area contributed by atoms with Crippen LogP contribution in [0.25, 0.3) is 0 Å². The van der Waals surface area contributed by atoms with Crippen LogP contribution in [0.15, 0.2) is 30.3 Å². The number of benzene rings is 1. The Hall–Kier alpha value is -0.510. The van der Waals surface area contributed by atoms with Crippen molar-refractivity contribution < 1.29 is 0 Å². The normalized spacial score (nSPS) is 32.1. The molecule has 0 saturated carbocycles. The molecule has 2 atom stereocenters. The second-order valence-electron chi connectivity index (χ2n) is 6.35. The summed E-state index contributed by atoms with van der Waals surface area (Å²) in [5, 5.41) is 4.65. The molecule has 0 bridgehead atoms. The number of hydrogen-bond donors (Lipinski definition) is 1. The summed E-state index contributed by atoms with van der Waals surface area (Å²) in [5.74, 6) is 1.37. The number of nitrogens with one attached hydrogen (secondary N) is 1. The molecule has 1 aromatic rings. The van der Waals surface area contributed by atoms with Crippen molar-refractivity contribution in [2.24, 2.45) is 0 Å². The van der Waals surface area contributed by atoms with Gasteiger partial charge in [-0.1, -0.05) is 30.3 Å². The highest BCUT2D eigenvalue weighted by Gasteiger charge is 2.31. The van der Waals surface area contributed by atoms with E-state index in [9.17, 15) is 0 Å². The minimum atomic E-state index is 0.0982. The van der Waals surface area contributed by atoms with Crippen LogP contribution in [0.2, 0.25) is 0 Å². The lowest BCUT2D eigenvalue weighted by molar-refractivity contribution is 0.220. The topological polar surface area (TPSA) is 15.3 Å². The third-order valence-corrected chi connectivity index (χ3v) is 5.98. The second-order valence-corrected chi connectivity index (χ2v) is 7.76. The smallest absolute Gasteiger partial charge is 0.0534 e. The molecule has 2 nitrogen and oxygen atoms in total. The fourth-order valence-corrected chi connectivity index (χ4v) is 4.80. The third-order valence-electron chi connectivity index (χ3n) is 4.60. The van der Waals surface area contributed by atoms with E-state index in [0.717, 1.165) is 18.3 Å². The van der Waals surface area contributed by atoms with E-state index in [1.54, 1.807) is 0 Å². The van der Waals surface area contributed by atoms with Gasteiger partial charge in [0.2, 0.25) is 0 Å². The molecule has 20 heavy (non-hydrogen) atoms. The van der Waals surface area contributed by atoms with Crippen LogP contribution >= 0.6 is 11.8 Å². The first-order valence-electron chi connectivity index (χ1n) is 7.91. The molecule has 0 amide bonds. The lowest BCUT2D eigenvalue weighted by atomic mass is 9.91. The van der Waals surface area contributed by atoms with E-state index < -0.39 is 0 Å². The predicted molar refractivity (Wildman–Crippen MR) is 88.3 cm³/mol. The number of hydrogen-bond acceptors (Lipinski definition) is 3. The average Bonchev–Trinajstić information content (AvgIpc) is 2.90. The van der Waals surface area contributed by atoms with Gasteiger partial charge in [0.25, 0.3) is 0 Å². The minimum Gasteiger partial charge on any atom is -0.307 e. The van der Waals surface area contributed by atoms with Gasteiger partial charge in [0.1, 0.15) is 0 Å². The van der Waals surface area contributed by atoms with Gasteiger partial charge < -0.3 is 10.2 Å². The summed E-state index contributed by atoms with van der Waals surface area (Å²) in [6.45, 7) is 7.14. The van der Waals surface area contributed by atoms with Crippen molar-refractivity contribution in [3.05, 3.63) is 35.9 Å². The maximum atomic E-state index is 3.78. The molecule has 1 N–H and O–H groups in total. The Labute approximate surface area is 127 Å². The molecule has 2 aliphatic rings. The summed E-state index contributed by atoms with van der Waals surface area (Å²) >= 11 is 2.18. The largest absolute Gasteiger partial charge is 0.307 e. The van der Waals surface area contributed by atoms with Crippen molar-refractivity contribution >= 4 is 11.8 Å². The Morgan fingerprint density at radius 2 is 2.15 bits per heavy atom. The summed E-state index contributed by atoms with van der Waals surface area (Å²) in [7, 11) is 0. The molecular weight excluding hydrogens is 264 g/mol. The van der Waals surface area contributed by atoms with Gasteiger partial charge in [0, 0.05) is 18.3 Å². The summed E-state index contributed by atoms with van der Waals surface area (Å²) in [5.41, 5.74) is 1.52. The van der Waals surface area contributed by atoms with Crippen LogP contribution in [0.1, 0.15) is 31.7 Å². The predicted octanol–water partition coefficient (Wildman–Crippen LogP) is 3.09. The molecule has 2 unspecified atom stereocenters. The fraction of sp³-hybridized carbons (Fsp3) is 0.647. The van der Waals surface area contributed by atoms with Crippen molar-refractivity contribution in [1.29, 1.82) is 0 Å². The summed E-state index contributed by atoms with van der Waals surface area (Å²) in [4.78, 5) is 2.69. The fourth-order valence-electron chi connectivity index (χ4n) is 3.48. The van der Waals surface area contributed by atoms with Crippen molar-refractivity contribution in [3.63, 3.8) is 0 Å². The zero-order valence-corrected chi connectivity index (χ0v) is 13.3. The highest BCUT2D eigenvalue weighted by molar-refractivity contribution is 8.00. The van der Waals surface area contributed by atoms with Gasteiger partial charge in [-0.3, -0.25) is 0 Å². The molecule has 2 fully saturated rings. The first kappa shape index (κ1) is 14.4. The number of nitrogens with zero attached hydrogens (tertiary/aromatic N) is 1. The number of rotatable bonds is 3. The van der Waals surface area contributed by atoms with Crippen LogP contribution in [0.3, 0.4) is 0 Å². The van der Waals surface area contributed by atoms with Crippen LogP contribution in [0.4, 0.5) is 0 Å². The molecule has 3 heteroatoms. The molecule has 2 heterocycles. The Morgan fingerprint density at radius 3 is 2.90 bits per heavy atom. The highest BCUT2D eigenvalue weighted by Crippen LogP contribution is 2.29. The molecule has 2 aliphatic heterocycles. The zero-order valence-electron chi connectivity index (χ0n) is 12.5. The lowest BCUT2D eigenvalue weighted by Gasteiger charge is -2.35. The van der Waals surface area contributed by atoms with Gasteiger partial charge in [-0.2, -0.15) is 11.8 Å². The second kappa shape index (κ2) is 6.50. The highest BCUT2D eigenvalue weighted by atomic mass is 32.2. The van der Waals surface area contributed by atoms with Gasteiger partial charge in [0.15, 0.2) is 0 Å². The molecule has 0 aliphatic carbocycles. The molecule has 110 valence electrons. The van der Waals surface area contributed by atoms with Gasteiger partial charge >= 0.3 is 0 Å². The number of thioether (sulfide) groups is 1. The van der Waals surface area contributed by atoms with E-state index in [1.807, 2.05) is 0 Å². The van der Waals surface area contributed by atoms with Crippen molar-refractivity contribution in [3.8, 4) is 0 Å². The van der Waals surface area contributed by atoms with E-state index >= 15 is 0 Å². The van der Waals surface area contributed by atoms with Gasteiger partial charge in [-0.25, -0.2) is 0 Å². The summed E-state index contributed by atoms with van der Waals surface area (Å²) < 4.78 is 0. The van der Waals surface area contributed by atoms with E-state index in [-0.39, 0.29) is 5.54 Å². The summed E-state index contributed by atoms with van der Waals surface area (Å²) in [6.07, 6.45) is 4.09. The average molecular weight is 290 g/mol. The maximum absolute atomic E-state index is 3.78. The first-order chi connectivity index (χ1) is 9.76. The van der Waals surface area contributed by atoms with Crippen LogP contribution in [-0.4, -0.2) is 42.1 Å². The molecule has 3 rings (SSSR count). The van der Waals surface area contributed by atoms with Gasteiger partial charge in [-0.05, 0) is 50.6 Å². The maximum Gasteiger partial charge on any atom is 0.0534 e. The molecular formula is C17H26N2S. The van der Waals surface area contributed by atoms with Gasteiger partial charge in [0.05, 0.1) is 5.54 Å². The minimum absolute atomic E-state index is 0.0982. The SMILES string of the molecule is CC1(c2ccccc2)CN(CC2CCCS2)CCCN1. The van der Waals surface area contributed by atoms with Crippen molar-refractivity contribution in [2.45, 2.75) is 37.0 Å². The van der Waals surface area contributed by atoms with Gasteiger partial charge in [-0.15, -0.1) is 0 Å². The monoisotopic (exact) mass is 290 g/mol. The molecule has 2 saturated heterocycles. The van der Waals surface area contributed by atoms with E-state index in [0.29, 0.717) is 0 Å². The van der Waals surface area contributed by atoms with Crippen molar-refractivity contribution in [1.82, 2.24) is 10.2 Å². The lowest BCUT2D eigenvalue weighted by Crippen LogP contribution is -2.47. The van der Waals surface area contributed by atoms with E-state index in [2.05, 4.69) is 59.2 Å². The Bertz CT molecular complexity index is 416. The Balaban J connectivity index is 1.71. The van der Waals surface area contributed by atoms with Crippen LogP contribution in [0, 0.1) is 0 Å². The Kier molecular flexibility index (Phi) is 4.69. The van der Waals surface area contributed by atoms with Crippen LogP contribution < -0.4 is 5.32 Å². The third kappa shape index (κ3) is 3.38. The molecule has 0 spiro atoms. The van der Waals surface area contributed by atoms with E-state index in [1.165, 1.54) is 43.7 Å². The molecule has 0 aromatic heterocycles. The Morgan fingerprint density at radius 1 is 1.30 bits per heavy atom. The standard InChI is InChI=1S/C17H26N2S/c1-17(15-7-3-2-4-8-15)14-19(11-6-10-18-17)13-16-9-5-12-20-16/h2-4,7-8,16,18H,5-6,9-14H2,1H3. The van der Waals surface area contributed by atoms with Crippen molar-refractivity contribution in [2.75, 3.05) is 31.9 Å². The zero-order chi connectivity index (χ0) is 13.8. The van der Waals surface area contributed by atoms with Crippen LogP contribution in [-0.2, 0) is 5.54 Å².